The van der Waals surface area contributed by atoms with Crippen LogP contribution in [0.3, 0.4) is 0 Å². The lowest BCUT2D eigenvalue weighted by Gasteiger charge is -2.16. The van der Waals surface area contributed by atoms with E-state index in [0.717, 1.165) is 0 Å². The summed E-state index contributed by atoms with van der Waals surface area (Å²) in [7, 11) is 0. The molecule has 0 spiro atoms. The van der Waals surface area contributed by atoms with E-state index < -0.39 is 11.9 Å². The highest BCUT2D eigenvalue weighted by atomic mass is 35.5. The summed E-state index contributed by atoms with van der Waals surface area (Å²) in [6, 6.07) is 7.77. The molecule has 0 aliphatic carbocycles. The SMILES string of the molecule is Cc1cc(C(=O)O)c(-c2ccc(Cl)cc2)c(C(=O)O)c1CCl. The minimum atomic E-state index is -1.22. The van der Waals surface area contributed by atoms with Crippen LogP contribution in [0.25, 0.3) is 11.1 Å². The van der Waals surface area contributed by atoms with Crippen molar-refractivity contribution in [3.63, 3.8) is 0 Å². The summed E-state index contributed by atoms with van der Waals surface area (Å²) in [4.78, 5) is 23.2. The second kappa shape index (κ2) is 6.38. The Labute approximate surface area is 136 Å². The lowest BCUT2D eigenvalue weighted by molar-refractivity contribution is 0.0695. The Morgan fingerprint density at radius 3 is 2.14 bits per heavy atom. The van der Waals surface area contributed by atoms with Crippen LogP contribution in [0.5, 0.6) is 0 Å². The topological polar surface area (TPSA) is 74.6 Å². The number of halogens is 2. The summed E-state index contributed by atoms with van der Waals surface area (Å²) >= 11 is 11.7. The summed E-state index contributed by atoms with van der Waals surface area (Å²) < 4.78 is 0. The van der Waals surface area contributed by atoms with Gasteiger partial charge in [-0.1, -0.05) is 23.7 Å². The van der Waals surface area contributed by atoms with Gasteiger partial charge in [-0.15, -0.1) is 11.6 Å². The van der Waals surface area contributed by atoms with Crippen LogP contribution >= 0.6 is 23.2 Å². The van der Waals surface area contributed by atoms with Crippen molar-refractivity contribution in [3.05, 3.63) is 57.6 Å². The van der Waals surface area contributed by atoms with Crippen LogP contribution in [0.1, 0.15) is 31.8 Å². The van der Waals surface area contributed by atoms with E-state index in [9.17, 15) is 19.8 Å². The van der Waals surface area contributed by atoms with E-state index in [0.29, 0.717) is 21.7 Å². The first-order chi connectivity index (χ1) is 10.4. The highest BCUT2D eigenvalue weighted by molar-refractivity contribution is 6.30. The van der Waals surface area contributed by atoms with Crippen LogP contribution in [0.4, 0.5) is 0 Å². The van der Waals surface area contributed by atoms with E-state index in [-0.39, 0.29) is 22.6 Å². The van der Waals surface area contributed by atoms with Gasteiger partial charge in [-0.25, -0.2) is 9.59 Å². The van der Waals surface area contributed by atoms with Gasteiger partial charge in [0.05, 0.1) is 11.1 Å². The second-order valence-corrected chi connectivity index (χ2v) is 5.42. The Bertz CT molecular complexity index is 752. The molecule has 0 heterocycles. The van der Waals surface area contributed by atoms with Gasteiger partial charge in [0.25, 0.3) is 0 Å². The molecule has 0 amide bonds. The van der Waals surface area contributed by atoms with Crippen LogP contribution in [0.15, 0.2) is 30.3 Å². The summed E-state index contributed by atoms with van der Waals surface area (Å²) in [5.74, 6) is -2.43. The molecule has 0 aromatic heterocycles. The highest BCUT2D eigenvalue weighted by Crippen LogP contribution is 2.34. The fraction of sp³-hybridized carbons (Fsp3) is 0.125. The molecule has 0 radical (unpaired) electrons. The zero-order valence-electron chi connectivity index (χ0n) is 11.6. The molecule has 22 heavy (non-hydrogen) atoms. The summed E-state index contributed by atoms with van der Waals surface area (Å²) in [5, 5.41) is 19.4. The molecule has 2 aromatic rings. The zero-order valence-corrected chi connectivity index (χ0v) is 13.1. The minimum Gasteiger partial charge on any atom is -0.478 e. The second-order valence-electron chi connectivity index (χ2n) is 4.72. The van der Waals surface area contributed by atoms with E-state index in [2.05, 4.69) is 0 Å². The van der Waals surface area contributed by atoms with Gasteiger partial charge in [0.1, 0.15) is 0 Å². The molecule has 0 bridgehead atoms. The van der Waals surface area contributed by atoms with Gasteiger partial charge < -0.3 is 10.2 Å². The van der Waals surface area contributed by atoms with Crippen molar-refractivity contribution in [1.29, 1.82) is 0 Å². The van der Waals surface area contributed by atoms with Crippen molar-refractivity contribution in [2.75, 3.05) is 0 Å². The monoisotopic (exact) mass is 338 g/mol. The molecule has 0 fully saturated rings. The lowest BCUT2D eigenvalue weighted by Crippen LogP contribution is -2.12. The number of alkyl halides is 1. The predicted octanol–water partition coefficient (Wildman–Crippen LogP) is 4.45. The summed E-state index contributed by atoms with van der Waals surface area (Å²) in [5.41, 5.74) is 1.37. The molecule has 0 atom stereocenters. The Kier molecular flexibility index (Phi) is 4.74. The number of aryl methyl sites for hydroxylation is 1. The van der Waals surface area contributed by atoms with Gasteiger partial charge in [0, 0.05) is 16.5 Å². The first kappa shape index (κ1) is 16.3. The molecular formula is C16H12Cl2O4. The van der Waals surface area contributed by atoms with E-state index >= 15 is 0 Å². The van der Waals surface area contributed by atoms with Crippen LogP contribution < -0.4 is 0 Å². The number of benzene rings is 2. The largest absolute Gasteiger partial charge is 0.478 e. The number of rotatable bonds is 4. The van der Waals surface area contributed by atoms with Crippen molar-refractivity contribution in [2.24, 2.45) is 0 Å². The Balaban J connectivity index is 2.92. The van der Waals surface area contributed by atoms with Crippen molar-refractivity contribution >= 4 is 35.1 Å². The maximum Gasteiger partial charge on any atom is 0.336 e. The number of carboxylic acids is 2. The van der Waals surface area contributed by atoms with E-state index in [1.807, 2.05) is 0 Å². The molecular weight excluding hydrogens is 327 g/mol. The molecule has 2 rings (SSSR count). The normalized spacial score (nSPS) is 10.5. The number of carboxylic acid groups (broad SMARTS) is 2. The molecule has 0 aliphatic rings. The van der Waals surface area contributed by atoms with E-state index in [4.69, 9.17) is 23.2 Å². The smallest absolute Gasteiger partial charge is 0.336 e. The molecule has 114 valence electrons. The average molecular weight is 339 g/mol. The van der Waals surface area contributed by atoms with Gasteiger partial charge in [0.2, 0.25) is 0 Å². The molecule has 0 saturated heterocycles. The zero-order chi connectivity index (χ0) is 16.4. The Hall–Kier alpha value is -2.04. The molecule has 2 N–H and O–H groups in total. The van der Waals surface area contributed by atoms with Crippen LogP contribution in [0, 0.1) is 6.92 Å². The number of hydrogen-bond donors (Lipinski definition) is 2. The maximum atomic E-state index is 11.7. The van der Waals surface area contributed by atoms with Crippen LogP contribution in [0.2, 0.25) is 5.02 Å². The van der Waals surface area contributed by atoms with Crippen molar-refractivity contribution < 1.29 is 19.8 Å². The van der Waals surface area contributed by atoms with Crippen molar-refractivity contribution in [1.82, 2.24) is 0 Å². The molecule has 0 saturated carbocycles. The van der Waals surface area contributed by atoms with Gasteiger partial charge in [-0.3, -0.25) is 0 Å². The predicted molar refractivity (Wildman–Crippen MR) is 85.1 cm³/mol. The maximum absolute atomic E-state index is 11.7. The number of carbonyl (C=O) groups is 2. The van der Waals surface area contributed by atoms with Crippen molar-refractivity contribution in [2.45, 2.75) is 12.8 Å². The standard InChI is InChI=1S/C16H12Cl2O4/c1-8-6-11(15(19)20)13(9-2-4-10(18)5-3-9)14(16(21)22)12(8)7-17/h2-6H,7H2,1H3,(H,19,20)(H,21,22). The van der Waals surface area contributed by atoms with E-state index in [1.54, 1.807) is 31.2 Å². The fourth-order valence-corrected chi connectivity index (χ4v) is 2.82. The Morgan fingerprint density at radius 1 is 1.09 bits per heavy atom. The molecule has 0 unspecified atom stereocenters. The highest BCUT2D eigenvalue weighted by Gasteiger charge is 2.25. The third-order valence-corrected chi connectivity index (χ3v) is 3.89. The minimum absolute atomic E-state index is 0.0199. The molecule has 0 aliphatic heterocycles. The first-order valence-electron chi connectivity index (χ1n) is 6.31. The van der Waals surface area contributed by atoms with Crippen LogP contribution in [-0.2, 0) is 5.88 Å². The third kappa shape index (κ3) is 2.93. The first-order valence-corrected chi connectivity index (χ1v) is 7.23. The Morgan fingerprint density at radius 2 is 1.68 bits per heavy atom. The third-order valence-electron chi connectivity index (χ3n) is 3.37. The average Bonchev–Trinajstić information content (AvgIpc) is 2.46. The van der Waals surface area contributed by atoms with E-state index in [1.165, 1.54) is 6.07 Å². The van der Waals surface area contributed by atoms with Gasteiger partial charge in [-0.2, -0.15) is 0 Å². The molecule has 4 nitrogen and oxygen atoms in total. The van der Waals surface area contributed by atoms with Gasteiger partial charge in [-0.05, 0) is 41.8 Å². The van der Waals surface area contributed by atoms with Crippen molar-refractivity contribution in [3.8, 4) is 11.1 Å². The van der Waals surface area contributed by atoms with Crippen LogP contribution in [-0.4, -0.2) is 22.2 Å². The fourth-order valence-electron chi connectivity index (χ4n) is 2.35. The molecule has 2 aromatic carbocycles. The summed E-state index contributed by atoms with van der Waals surface area (Å²) in [6.07, 6.45) is 0. The number of aromatic carboxylic acids is 2. The quantitative estimate of drug-likeness (QED) is 0.807. The number of hydrogen-bond acceptors (Lipinski definition) is 2. The lowest BCUT2D eigenvalue weighted by atomic mass is 9.88. The summed E-state index contributed by atoms with van der Waals surface area (Å²) in [6.45, 7) is 1.64. The van der Waals surface area contributed by atoms with Gasteiger partial charge in [0.15, 0.2) is 0 Å². The molecule has 6 heteroatoms. The van der Waals surface area contributed by atoms with Gasteiger partial charge >= 0.3 is 11.9 Å².